The van der Waals surface area contributed by atoms with Crippen molar-refractivity contribution in [2.45, 2.75) is 57.7 Å². The average molecular weight is 451 g/mol. The van der Waals surface area contributed by atoms with E-state index in [-0.39, 0.29) is 24.0 Å². The quantitative estimate of drug-likeness (QED) is 0.313. The molecule has 1 aliphatic carbocycles. The van der Waals surface area contributed by atoms with Gasteiger partial charge in [0.15, 0.2) is 5.96 Å². The van der Waals surface area contributed by atoms with Crippen LogP contribution in [0.2, 0.25) is 0 Å². The molecule has 1 fully saturated rings. The number of aliphatic hydroxyl groups is 2. The van der Waals surface area contributed by atoms with Gasteiger partial charge in [-0.05, 0) is 39.7 Å². The first-order valence-electron chi connectivity index (χ1n) is 8.22. The smallest absolute Gasteiger partial charge is 0.191 e. The number of hydrogen-bond acceptors (Lipinski definition) is 4. The van der Waals surface area contributed by atoms with E-state index in [2.05, 4.69) is 15.6 Å². The van der Waals surface area contributed by atoms with Crippen molar-refractivity contribution in [3.8, 4) is 0 Å². The largest absolute Gasteiger partial charge is 0.466 e. The maximum Gasteiger partial charge on any atom is 0.191 e. The van der Waals surface area contributed by atoms with Gasteiger partial charge in [0.1, 0.15) is 17.1 Å². The normalized spacial score (nSPS) is 19.5. The van der Waals surface area contributed by atoms with Crippen LogP contribution in [0.25, 0.3) is 0 Å². The van der Waals surface area contributed by atoms with Crippen molar-refractivity contribution in [3.05, 3.63) is 23.2 Å². The lowest BCUT2D eigenvalue weighted by Crippen LogP contribution is -2.49. The van der Waals surface area contributed by atoms with Crippen LogP contribution in [0.3, 0.4) is 0 Å². The number of nitrogens with zero attached hydrogens (tertiary/aromatic N) is 1. The van der Waals surface area contributed by atoms with E-state index in [1.807, 2.05) is 19.9 Å². The number of furan rings is 1. The molecule has 138 valence electrons. The van der Waals surface area contributed by atoms with Crippen molar-refractivity contribution in [2.24, 2.45) is 4.99 Å². The Bertz CT molecular complexity index is 563. The Kier molecular flexibility index (Phi) is 7.55. The van der Waals surface area contributed by atoms with Crippen molar-refractivity contribution >= 4 is 29.9 Å². The highest BCUT2D eigenvalue weighted by molar-refractivity contribution is 14.0. The molecular formula is C17H30IN3O3. The van der Waals surface area contributed by atoms with E-state index in [0.717, 1.165) is 42.8 Å². The highest BCUT2D eigenvalue weighted by Gasteiger charge is 2.31. The third-order valence-electron chi connectivity index (χ3n) is 4.56. The van der Waals surface area contributed by atoms with Gasteiger partial charge in [0.2, 0.25) is 0 Å². The topological polar surface area (TPSA) is 90.0 Å². The molecule has 0 spiro atoms. The molecule has 1 aliphatic rings. The zero-order valence-electron chi connectivity index (χ0n) is 15.0. The predicted octanol–water partition coefficient (Wildman–Crippen LogP) is 2.19. The molecule has 24 heavy (non-hydrogen) atoms. The van der Waals surface area contributed by atoms with Gasteiger partial charge in [0.05, 0.1) is 12.1 Å². The number of guanidine groups is 1. The monoisotopic (exact) mass is 451 g/mol. The molecule has 1 aromatic heterocycles. The summed E-state index contributed by atoms with van der Waals surface area (Å²) >= 11 is 0. The van der Waals surface area contributed by atoms with Gasteiger partial charge in [-0.1, -0.05) is 12.8 Å². The summed E-state index contributed by atoms with van der Waals surface area (Å²) in [4.78, 5) is 4.15. The average Bonchev–Trinajstić information content (AvgIpc) is 3.05. The summed E-state index contributed by atoms with van der Waals surface area (Å²) in [6.45, 7) is 6.22. The summed E-state index contributed by atoms with van der Waals surface area (Å²) in [5.41, 5.74) is -0.936. The number of aliphatic imine (C=N–C) groups is 1. The molecule has 1 saturated carbocycles. The van der Waals surface area contributed by atoms with Crippen LogP contribution in [-0.2, 0) is 5.60 Å². The molecule has 0 amide bonds. The minimum absolute atomic E-state index is 0. The highest BCUT2D eigenvalue weighted by atomic mass is 127. The van der Waals surface area contributed by atoms with Gasteiger partial charge in [0, 0.05) is 19.2 Å². The Morgan fingerprint density at radius 2 is 1.96 bits per heavy atom. The Labute approximate surface area is 161 Å². The van der Waals surface area contributed by atoms with Crippen LogP contribution < -0.4 is 10.6 Å². The molecule has 0 radical (unpaired) electrons. The predicted molar refractivity (Wildman–Crippen MR) is 106 cm³/mol. The number of rotatable bonds is 5. The summed E-state index contributed by atoms with van der Waals surface area (Å²) in [5, 5.41) is 27.3. The molecule has 0 bridgehead atoms. The van der Waals surface area contributed by atoms with E-state index in [1.165, 1.54) is 0 Å². The minimum atomic E-state index is -1.07. The van der Waals surface area contributed by atoms with Crippen molar-refractivity contribution in [1.82, 2.24) is 10.6 Å². The molecule has 0 saturated heterocycles. The van der Waals surface area contributed by atoms with E-state index >= 15 is 0 Å². The number of halogens is 1. The molecule has 4 N–H and O–H groups in total. The van der Waals surface area contributed by atoms with Crippen molar-refractivity contribution in [3.63, 3.8) is 0 Å². The van der Waals surface area contributed by atoms with Crippen LogP contribution in [0.5, 0.6) is 0 Å². The summed E-state index contributed by atoms with van der Waals surface area (Å²) in [7, 11) is 1.68. The highest BCUT2D eigenvalue weighted by Crippen LogP contribution is 2.28. The zero-order valence-corrected chi connectivity index (χ0v) is 17.3. The Morgan fingerprint density at radius 1 is 1.33 bits per heavy atom. The zero-order chi connectivity index (χ0) is 17.1. The molecule has 1 heterocycles. The second-order valence-electron chi connectivity index (χ2n) is 6.81. The van der Waals surface area contributed by atoms with Crippen molar-refractivity contribution in [2.75, 3.05) is 20.1 Å². The van der Waals surface area contributed by atoms with Crippen LogP contribution in [-0.4, -0.2) is 41.9 Å². The lowest BCUT2D eigenvalue weighted by molar-refractivity contribution is 0.0510. The first kappa shape index (κ1) is 21.2. The van der Waals surface area contributed by atoms with Crippen LogP contribution in [0, 0.1) is 13.8 Å². The van der Waals surface area contributed by atoms with E-state index < -0.39 is 11.2 Å². The minimum Gasteiger partial charge on any atom is -0.466 e. The fourth-order valence-corrected chi connectivity index (χ4v) is 3.20. The molecule has 6 nitrogen and oxygen atoms in total. The van der Waals surface area contributed by atoms with Gasteiger partial charge in [-0.3, -0.25) is 4.99 Å². The molecule has 7 heteroatoms. The van der Waals surface area contributed by atoms with Crippen LogP contribution in [0.1, 0.15) is 49.7 Å². The number of aryl methyl sites for hydroxylation is 2. The maximum absolute atomic E-state index is 10.7. The summed E-state index contributed by atoms with van der Waals surface area (Å²) in [5.74, 6) is 2.07. The van der Waals surface area contributed by atoms with Gasteiger partial charge >= 0.3 is 0 Å². The Morgan fingerprint density at radius 3 is 2.46 bits per heavy atom. The third-order valence-corrected chi connectivity index (χ3v) is 4.56. The summed E-state index contributed by atoms with van der Waals surface area (Å²) in [6.07, 6.45) is 3.78. The Balaban J connectivity index is 0.00000288. The standard InChI is InChI=1S/C17H29N3O3.HI/c1-12-9-14(13(2)23-12)16(3,21)10-19-15(18-4)20-11-17(22)7-5-6-8-17;/h9,21-22H,5-8,10-11H2,1-4H3,(H2,18,19,20);1H. The van der Waals surface area contributed by atoms with Crippen LogP contribution in [0.4, 0.5) is 0 Å². The second kappa shape index (κ2) is 8.53. The summed E-state index contributed by atoms with van der Waals surface area (Å²) in [6, 6.07) is 1.86. The molecule has 0 aliphatic heterocycles. The van der Waals surface area contributed by atoms with Gasteiger partial charge in [-0.25, -0.2) is 0 Å². The fraction of sp³-hybridized carbons (Fsp3) is 0.706. The lowest BCUT2D eigenvalue weighted by atomic mass is 9.96. The van der Waals surface area contributed by atoms with Crippen LogP contribution >= 0.6 is 24.0 Å². The van der Waals surface area contributed by atoms with E-state index in [0.29, 0.717) is 19.0 Å². The molecule has 0 aromatic carbocycles. The molecule has 1 aromatic rings. The lowest BCUT2D eigenvalue weighted by Gasteiger charge is -2.27. The van der Waals surface area contributed by atoms with Gasteiger partial charge in [-0.15, -0.1) is 24.0 Å². The maximum atomic E-state index is 10.7. The molecule has 1 atom stereocenters. The number of nitrogens with one attached hydrogen (secondary N) is 2. The second-order valence-corrected chi connectivity index (χ2v) is 6.81. The summed E-state index contributed by atoms with van der Waals surface area (Å²) < 4.78 is 5.50. The fourth-order valence-electron chi connectivity index (χ4n) is 3.20. The molecular weight excluding hydrogens is 421 g/mol. The van der Waals surface area contributed by atoms with Crippen LogP contribution in [0.15, 0.2) is 15.5 Å². The first-order valence-corrected chi connectivity index (χ1v) is 8.22. The molecule has 2 rings (SSSR count). The molecule has 1 unspecified atom stereocenters. The van der Waals surface area contributed by atoms with Crippen molar-refractivity contribution in [1.29, 1.82) is 0 Å². The van der Waals surface area contributed by atoms with E-state index in [9.17, 15) is 10.2 Å². The van der Waals surface area contributed by atoms with E-state index in [4.69, 9.17) is 4.42 Å². The van der Waals surface area contributed by atoms with Crippen molar-refractivity contribution < 1.29 is 14.6 Å². The SMILES string of the molecule is CN=C(NCC1(O)CCCC1)NCC(C)(O)c1cc(C)oc1C.I. The first-order chi connectivity index (χ1) is 10.8. The van der Waals surface area contributed by atoms with E-state index in [1.54, 1.807) is 14.0 Å². The third kappa shape index (κ3) is 5.35. The van der Waals surface area contributed by atoms with Gasteiger partial charge in [0.25, 0.3) is 0 Å². The van der Waals surface area contributed by atoms with Gasteiger partial charge in [-0.2, -0.15) is 0 Å². The number of hydrogen-bond donors (Lipinski definition) is 4. The van der Waals surface area contributed by atoms with Gasteiger partial charge < -0.3 is 25.3 Å². The Hall–Kier alpha value is -0.800.